The van der Waals surface area contributed by atoms with E-state index >= 15 is 0 Å². The van der Waals surface area contributed by atoms with Crippen LogP contribution in [0.2, 0.25) is 0 Å². The van der Waals surface area contributed by atoms with Crippen LogP contribution in [-0.4, -0.2) is 48.4 Å². The van der Waals surface area contributed by atoms with Gasteiger partial charge in [-0.2, -0.15) is 0 Å². The molecule has 0 spiro atoms. The van der Waals surface area contributed by atoms with E-state index in [1.54, 1.807) is 17.2 Å². The molecular weight excluding hydrogens is 316 g/mol. The Morgan fingerprint density at radius 3 is 2.44 bits per heavy atom. The predicted molar refractivity (Wildman–Crippen MR) is 98.0 cm³/mol. The summed E-state index contributed by atoms with van der Waals surface area (Å²) in [7, 11) is 0. The number of anilines is 2. The van der Waals surface area contributed by atoms with E-state index in [-0.39, 0.29) is 5.91 Å². The van der Waals surface area contributed by atoms with Crippen molar-refractivity contribution in [2.75, 3.05) is 36.4 Å². The average Bonchev–Trinajstić information content (AvgIpc) is 2.65. The Bertz CT molecular complexity index is 765. The molecule has 2 amide bonds. The number of rotatable bonds is 4. The first kappa shape index (κ1) is 17.0. The number of piperazine rings is 1. The fourth-order valence-corrected chi connectivity index (χ4v) is 2.81. The molecule has 0 bridgehead atoms. The second-order valence-corrected chi connectivity index (χ2v) is 6.28. The summed E-state index contributed by atoms with van der Waals surface area (Å²) in [5.41, 5.74) is 4.44. The maximum absolute atomic E-state index is 12.3. The lowest BCUT2D eigenvalue weighted by molar-refractivity contribution is -0.118. The summed E-state index contributed by atoms with van der Waals surface area (Å²) in [6, 6.07) is 9.46. The Hall–Kier alpha value is -2.89. The molecule has 1 aromatic carbocycles. The SMILES string of the molecule is Cc1ccc(NC(=O)c2ccc(N3CCN(C=O)CC3)cn2)cc1C. The van der Waals surface area contributed by atoms with Gasteiger partial charge in [0.1, 0.15) is 5.69 Å². The molecule has 0 saturated carbocycles. The number of pyridine rings is 1. The van der Waals surface area contributed by atoms with Crippen molar-refractivity contribution in [1.29, 1.82) is 0 Å². The van der Waals surface area contributed by atoms with Crippen molar-refractivity contribution >= 4 is 23.7 Å². The molecule has 1 fully saturated rings. The minimum absolute atomic E-state index is 0.222. The zero-order valence-electron chi connectivity index (χ0n) is 14.5. The molecule has 1 N–H and O–H groups in total. The van der Waals surface area contributed by atoms with Gasteiger partial charge in [-0.1, -0.05) is 6.07 Å². The summed E-state index contributed by atoms with van der Waals surface area (Å²) >= 11 is 0. The maximum atomic E-state index is 12.3. The number of hydrogen-bond acceptors (Lipinski definition) is 4. The molecule has 2 aromatic rings. The van der Waals surface area contributed by atoms with E-state index in [4.69, 9.17) is 0 Å². The number of aryl methyl sites for hydroxylation is 2. The summed E-state index contributed by atoms with van der Waals surface area (Å²) < 4.78 is 0. The van der Waals surface area contributed by atoms with Gasteiger partial charge in [0.25, 0.3) is 5.91 Å². The largest absolute Gasteiger partial charge is 0.367 e. The van der Waals surface area contributed by atoms with Crippen molar-refractivity contribution < 1.29 is 9.59 Å². The molecule has 0 aliphatic carbocycles. The summed E-state index contributed by atoms with van der Waals surface area (Å²) in [5, 5.41) is 2.88. The number of carbonyl (C=O) groups is 2. The standard InChI is InChI=1S/C19H22N4O2/c1-14-3-4-16(11-15(14)2)21-19(25)18-6-5-17(12-20-18)23-9-7-22(13-24)8-10-23/h3-6,11-13H,7-10H2,1-2H3,(H,21,25). The van der Waals surface area contributed by atoms with Crippen LogP contribution in [0.25, 0.3) is 0 Å². The van der Waals surface area contributed by atoms with Gasteiger partial charge in [-0.05, 0) is 49.2 Å². The lowest BCUT2D eigenvalue weighted by Gasteiger charge is -2.33. The number of amides is 2. The summed E-state index contributed by atoms with van der Waals surface area (Å²) in [5.74, 6) is -0.222. The maximum Gasteiger partial charge on any atom is 0.274 e. The highest BCUT2D eigenvalue weighted by Crippen LogP contribution is 2.17. The van der Waals surface area contributed by atoms with Gasteiger partial charge in [0.05, 0.1) is 11.9 Å². The first-order chi connectivity index (χ1) is 12.1. The molecule has 1 saturated heterocycles. The van der Waals surface area contributed by atoms with Crippen molar-refractivity contribution in [3.8, 4) is 0 Å². The van der Waals surface area contributed by atoms with E-state index < -0.39 is 0 Å². The lowest BCUT2D eigenvalue weighted by atomic mass is 10.1. The van der Waals surface area contributed by atoms with Crippen LogP contribution in [-0.2, 0) is 4.79 Å². The Morgan fingerprint density at radius 2 is 1.84 bits per heavy atom. The highest BCUT2D eigenvalue weighted by Gasteiger charge is 2.16. The van der Waals surface area contributed by atoms with E-state index in [1.165, 1.54) is 5.56 Å². The van der Waals surface area contributed by atoms with Crippen LogP contribution >= 0.6 is 0 Å². The van der Waals surface area contributed by atoms with Crippen LogP contribution in [0, 0.1) is 13.8 Å². The molecule has 0 atom stereocenters. The number of benzene rings is 1. The summed E-state index contributed by atoms with van der Waals surface area (Å²) in [6.07, 6.45) is 2.60. The van der Waals surface area contributed by atoms with Crippen molar-refractivity contribution in [2.45, 2.75) is 13.8 Å². The molecule has 6 heteroatoms. The van der Waals surface area contributed by atoms with Gasteiger partial charge in [-0.3, -0.25) is 9.59 Å². The Balaban J connectivity index is 1.64. The zero-order valence-corrected chi connectivity index (χ0v) is 14.5. The zero-order chi connectivity index (χ0) is 17.8. The Morgan fingerprint density at radius 1 is 1.08 bits per heavy atom. The molecule has 3 rings (SSSR count). The predicted octanol–water partition coefficient (Wildman–Crippen LogP) is 2.23. The summed E-state index contributed by atoms with van der Waals surface area (Å²) in [6.45, 7) is 7.01. The molecular formula is C19H22N4O2. The van der Waals surface area contributed by atoms with Gasteiger partial charge in [-0.15, -0.1) is 0 Å². The van der Waals surface area contributed by atoms with Crippen LogP contribution in [0.4, 0.5) is 11.4 Å². The van der Waals surface area contributed by atoms with Gasteiger partial charge in [0.15, 0.2) is 0 Å². The summed E-state index contributed by atoms with van der Waals surface area (Å²) in [4.78, 5) is 31.3. The van der Waals surface area contributed by atoms with Crippen LogP contribution in [0.3, 0.4) is 0 Å². The number of hydrogen-bond donors (Lipinski definition) is 1. The molecule has 130 valence electrons. The van der Waals surface area contributed by atoms with E-state index in [1.807, 2.05) is 38.1 Å². The minimum atomic E-state index is -0.222. The molecule has 1 aromatic heterocycles. The van der Waals surface area contributed by atoms with Crippen molar-refractivity contribution in [3.05, 3.63) is 53.3 Å². The van der Waals surface area contributed by atoms with Crippen molar-refractivity contribution in [2.24, 2.45) is 0 Å². The lowest BCUT2D eigenvalue weighted by Crippen LogP contribution is -2.45. The van der Waals surface area contributed by atoms with E-state index in [0.717, 1.165) is 36.4 Å². The fraction of sp³-hybridized carbons (Fsp3) is 0.316. The van der Waals surface area contributed by atoms with Gasteiger partial charge in [-0.25, -0.2) is 4.98 Å². The van der Waals surface area contributed by atoms with Gasteiger partial charge in [0, 0.05) is 31.9 Å². The third kappa shape index (κ3) is 3.96. The third-order valence-electron chi connectivity index (χ3n) is 4.57. The molecule has 2 heterocycles. The van der Waals surface area contributed by atoms with Crippen molar-refractivity contribution in [1.82, 2.24) is 9.88 Å². The molecule has 25 heavy (non-hydrogen) atoms. The van der Waals surface area contributed by atoms with Crippen LogP contribution < -0.4 is 10.2 Å². The Labute approximate surface area is 147 Å². The van der Waals surface area contributed by atoms with Crippen molar-refractivity contribution in [3.63, 3.8) is 0 Å². The monoisotopic (exact) mass is 338 g/mol. The molecule has 1 aliphatic rings. The fourth-order valence-electron chi connectivity index (χ4n) is 2.81. The quantitative estimate of drug-likeness (QED) is 0.868. The average molecular weight is 338 g/mol. The van der Waals surface area contributed by atoms with E-state index in [0.29, 0.717) is 18.8 Å². The molecule has 0 unspecified atom stereocenters. The van der Waals surface area contributed by atoms with E-state index in [9.17, 15) is 9.59 Å². The van der Waals surface area contributed by atoms with E-state index in [2.05, 4.69) is 15.2 Å². The second kappa shape index (κ2) is 7.34. The van der Waals surface area contributed by atoms with Gasteiger partial charge in [0.2, 0.25) is 6.41 Å². The topological polar surface area (TPSA) is 65.5 Å². The molecule has 0 radical (unpaired) electrons. The van der Waals surface area contributed by atoms with Crippen LogP contribution in [0.1, 0.15) is 21.6 Å². The van der Waals surface area contributed by atoms with Gasteiger partial charge < -0.3 is 15.1 Å². The second-order valence-electron chi connectivity index (χ2n) is 6.28. The third-order valence-corrected chi connectivity index (χ3v) is 4.57. The number of carbonyl (C=O) groups excluding carboxylic acids is 2. The first-order valence-corrected chi connectivity index (χ1v) is 8.36. The highest BCUT2D eigenvalue weighted by atomic mass is 16.2. The normalized spacial score (nSPS) is 14.3. The number of aromatic nitrogens is 1. The Kier molecular flexibility index (Phi) is 4.97. The van der Waals surface area contributed by atoms with Gasteiger partial charge >= 0.3 is 0 Å². The smallest absolute Gasteiger partial charge is 0.274 e. The first-order valence-electron chi connectivity index (χ1n) is 8.36. The highest BCUT2D eigenvalue weighted by molar-refractivity contribution is 6.03. The van der Waals surface area contributed by atoms with Crippen LogP contribution in [0.5, 0.6) is 0 Å². The number of nitrogens with zero attached hydrogens (tertiary/aromatic N) is 3. The minimum Gasteiger partial charge on any atom is -0.367 e. The van der Waals surface area contributed by atoms with Crippen LogP contribution in [0.15, 0.2) is 36.5 Å². The number of nitrogens with one attached hydrogen (secondary N) is 1. The molecule has 6 nitrogen and oxygen atoms in total. The molecule has 1 aliphatic heterocycles.